The zero-order valence-corrected chi connectivity index (χ0v) is 17.4. The molecular formula is C25H33NO. The first-order chi connectivity index (χ1) is 13.0. The molecule has 0 N–H and O–H groups in total. The lowest BCUT2D eigenvalue weighted by Gasteiger charge is -2.07. The van der Waals surface area contributed by atoms with Crippen LogP contribution in [0.15, 0.2) is 85.2 Å². The molecule has 0 radical (unpaired) electrons. The van der Waals surface area contributed by atoms with Crippen molar-refractivity contribution in [3.8, 4) is 0 Å². The molecule has 1 aromatic carbocycles. The van der Waals surface area contributed by atoms with Gasteiger partial charge in [-0.05, 0) is 49.1 Å². The van der Waals surface area contributed by atoms with Crippen LogP contribution in [0.25, 0.3) is 5.57 Å². The van der Waals surface area contributed by atoms with Crippen molar-refractivity contribution < 1.29 is 4.79 Å². The normalized spacial score (nSPS) is 10.7. The van der Waals surface area contributed by atoms with Gasteiger partial charge in [-0.15, -0.1) is 0 Å². The van der Waals surface area contributed by atoms with Crippen molar-refractivity contribution >= 4 is 11.4 Å². The summed E-state index contributed by atoms with van der Waals surface area (Å²) in [6.45, 7) is 13.9. The highest BCUT2D eigenvalue weighted by molar-refractivity contribution is 5.93. The number of aromatic nitrogens is 1. The molecule has 0 aliphatic rings. The van der Waals surface area contributed by atoms with E-state index in [-0.39, 0.29) is 5.78 Å². The maximum Gasteiger partial charge on any atom is 0.159 e. The van der Waals surface area contributed by atoms with E-state index in [1.54, 1.807) is 24.5 Å². The van der Waals surface area contributed by atoms with Crippen LogP contribution in [0.2, 0.25) is 0 Å². The van der Waals surface area contributed by atoms with Crippen LogP contribution in [0.3, 0.4) is 0 Å². The van der Waals surface area contributed by atoms with Crippen molar-refractivity contribution in [2.24, 2.45) is 0 Å². The van der Waals surface area contributed by atoms with Gasteiger partial charge in [-0.2, -0.15) is 0 Å². The number of rotatable bonds is 5. The minimum Gasteiger partial charge on any atom is -0.295 e. The van der Waals surface area contributed by atoms with E-state index in [4.69, 9.17) is 0 Å². The van der Waals surface area contributed by atoms with E-state index in [1.807, 2.05) is 19.1 Å². The number of carbonyl (C=O) groups is 1. The lowest BCUT2D eigenvalue weighted by molar-refractivity contribution is 0.101. The summed E-state index contributed by atoms with van der Waals surface area (Å²) in [5.74, 6) is 0.0809. The van der Waals surface area contributed by atoms with Gasteiger partial charge in [0.15, 0.2) is 5.78 Å². The number of ketones is 1. The minimum atomic E-state index is 0.0809. The van der Waals surface area contributed by atoms with Crippen LogP contribution in [-0.2, 0) is 0 Å². The first kappa shape index (κ1) is 24.3. The van der Waals surface area contributed by atoms with Gasteiger partial charge in [0.1, 0.15) is 0 Å². The number of allylic oxidation sites excluding steroid dienone is 5. The van der Waals surface area contributed by atoms with Crippen molar-refractivity contribution in [1.82, 2.24) is 4.98 Å². The average molecular weight is 364 g/mol. The summed E-state index contributed by atoms with van der Waals surface area (Å²) in [4.78, 5) is 14.4. The number of benzene rings is 1. The Bertz CT molecular complexity index is 713. The summed E-state index contributed by atoms with van der Waals surface area (Å²) in [6.07, 6.45) is 11.7. The number of Topliss-reactive ketones (excluding diaryl/α,β-unsaturated/α-hetero) is 1. The molecule has 2 rings (SSSR count). The standard InChI is InChI=1S/C15H18.C7H7NO.C3H8/c1-4-10-13(5-2)15(6-3)14-11-8-7-9-12-14;1-6(9)7-2-4-8-5-3-7;1-3-2/h4,6-12H,3,5H2,1-2H3;2-5H,1H3;3H2,1-2H3/b10-4-,15-13+;;. The lowest BCUT2D eigenvalue weighted by atomic mass is 9.98. The Hall–Kier alpha value is -2.74. The molecule has 1 aromatic heterocycles. The van der Waals surface area contributed by atoms with Crippen molar-refractivity contribution in [2.75, 3.05) is 0 Å². The van der Waals surface area contributed by atoms with Crippen LogP contribution in [0.1, 0.15) is 63.4 Å². The second-order valence-corrected chi connectivity index (χ2v) is 5.86. The van der Waals surface area contributed by atoms with Crippen LogP contribution in [0, 0.1) is 0 Å². The first-order valence-electron chi connectivity index (χ1n) is 9.50. The fourth-order valence-electron chi connectivity index (χ4n) is 2.24. The van der Waals surface area contributed by atoms with Crippen LogP contribution >= 0.6 is 0 Å². The smallest absolute Gasteiger partial charge is 0.159 e. The summed E-state index contributed by atoms with van der Waals surface area (Å²) in [7, 11) is 0. The Labute approximate surface area is 165 Å². The second kappa shape index (κ2) is 15.5. The van der Waals surface area contributed by atoms with Crippen LogP contribution in [0.4, 0.5) is 0 Å². The van der Waals surface area contributed by atoms with Crippen molar-refractivity contribution in [1.29, 1.82) is 0 Å². The maximum absolute atomic E-state index is 10.6. The Morgan fingerprint density at radius 2 is 1.56 bits per heavy atom. The van der Waals surface area contributed by atoms with E-state index in [0.29, 0.717) is 5.56 Å². The van der Waals surface area contributed by atoms with Gasteiger partial charge in [0, 0.05) is 18.0 Å². The van der Waals surface area contributed by atoms with Gasteiger partial charge in [0.05, 0.1) is 0 Å². The highest BCUT2D eigenvalue weighted by Crippen LogP contribution is 2.22. The SMILES string of the molecule is C=C/C(=C(\C=C/C)CC)c1ccccc1.CC(=O)c1ccncc1.CCC. The Morgan fingerprint density at radius 1 is 1.00 bits per heavy atom. The monoisotopic (exact) mass is 363 g/mol. The average Bonchev–Trinajstić information content (AvgIpc) is 2.70. The highest BCUT2D eigenvalue weighted by atomic mass is 16.1. The largest absolute Gasteiger partial charge is 0.295 e. The van der Waals surface area contributed by atoms with E-state index in [2.05, 4.69) is 68.8 Å². The molecule has 0 atom stereocenters. The molecule has 0 saturated heterocycles. The molecule has 27 heavy (non-hydrogen) atoms. The van der Waals surface area contributed by atoms with E-state index < -0.39 is 0 Å². The summed E-state index contributed by atoms with van der Waals surface area (Å²) in [5.41, 5.74) is 4.52. The van der Waals surface area contributed by atoms with Gasteiger partial charge in [-0.1, -0.05) is 82.3 Å². The predicted molar refractivity (Wildman–Crippen MR) is 119 cm³/mol. The molecule has 0 unspecified atom stereocenters. The van der Waals surface area contributed by atoms with Gasteiger partial charge in [-0.25, -0.2) is 0 Å². The van der Waals surface area contributed by atoms with Crippen molar-refractivity contribution in [3.63, 3.8) is 0 Å². The molecule has 0 spiro atoms. The van der Waals surface area contributed by atoms with E-state index in [1.165, 1.54) is 30.1 Å². The molecule has 0 fully saturated rings. The molecule has 0 aliphatic carbocycles. The summed E-state index contributed by atoms with van der Waals surface area (Å²) in [6, 6.07) is 13.8. The minimum absolute atomic E-state index is 0.0809. The number of hydrogen-bond donors (Lipinski definition) is 0. The van der Waals surface area contributed by atoms with Gasteiger partial charge in [0.2, 0.25) is 0 Å². The Kier molecular flexibility index (Phi) is 13.9. The Morgan fingerprint density at radius 3 is 1.93 bits per heavy atom. The lowest BCUT2D eigenvalue weighted by Crippen LogP contribution is -1.89. The number of pyridine rings is 1. The topological polar surface area (TPSA) is 30.0 Å². The zero-order valence-electron chi connectivity index (χ0n) is 17.4. The van der Waals surface area contributed by atoms with E-state index in [0.717, 1.165) is 6.42 Å². The fourth-order valence-corrected chi connectivity index (χ4v) is 2.24. The third-order valence-electron chi connectivity index (χ3n) is 3.47. The number of hydrogen-bond acceptors (Lipinski definition) is 2. The molecular weight excluding hydrogens is 330 g/mol. The zero-order chi connectivity index (χ0) is 20.5. The van der Waals surface area contributed by atoms with E-state index in [9.17, 15) is 4.79 Å². The quantitative estimate of drug-likeness (QED) is 0.411. The molecule has 0 amide bonds. The third-order valence-corrected chi connectivity index (χ3v) is 3.47. The fraction of sp³-hybridized carbons (Fsp3) is 0.280. The highest BCUT2D eigenvalue weighted by Gasteiger charge is 2.01. The predicted octanol–water partition coefficient (Wildman–Crippen LogP) is 7.31. The first-order valence-corrected chi connectivity index (χ1v) is 9.50. The van der Waals surface area contributed by atoms with Gasteiger partial charge in [-0.3, -0.25) is 9.78 Å². The number of carbonyl (C=O) groups excluding carboxylic acids is 1. The molecule has 0 aliphatic heterocycles. The molecule has 1 heterocycles. The van der Waals surface area contributed by atoms with Crippen LogP contribution in [-0.4, -0.2) is 10.8 Å². The summed E-state index contributed by atoms with van der Waals surface area (Å²) < 4.78 is 0. The molecule has 2 aromatic rings. The molecule has 144 valence electrons. The van der Waals surface area contributed by atoms with E-state index >= 15 is 0 Å². The van der Waals surface area contributed by atoms with Gasteiger partial charge in [0.25, 0.3) is 0 Å². The second-order valence-electron chi connectivity index (χ2n) is 5.86. The van der Waals surface area contributed by atoms with Crippen molar-refractivity contribution in [3.05, 3.63) is 96.4 Å². The number of nitrogens with zero attached hydrogens (tertiary/aromatic N) is 1. The molecule has 0 saturated carbocycles. The van der Waals surface area contributed by atoms with Crippen LogP contribution < -0.4 is 0 Å². The van der Waals surface area contributed by atoms with Crippen molar-refractivity contribution in [2.45, 2.75) is 47.5 Å². The van der Waals surface area contributed by atoms with Gasteiger partial charge < -0.3 is 0 Å². The summed E-state index contributed by atoms with van der Waals surface area (Å²) in [5, 5.41) is 0. The molecule has 2 heteroatoms. The summed E-state index contributed by atoms with van der Waals surface area (Å²) >= 11 is 0. The third kappa shape index (κ3) is 10.1. The Balaban J connectivity index is 0.000000477. The van der Waals surface area contributed by atoms with Crippen LogP contribution in [0.5, 0.6) is 0 Å². The van der Waals surface area contributed by atoms with Gasteiger partial charge >= 0.3 is 0 Å². The maximum atomic E-state index is 10.6. The molecule has 0 bridgehead atoms. The molecule has 2 nitrogen and oxygen atoms in total.